The zero-order chi connectivity index (χ0) is 14.7. The van der Waals surface area contributed by atoms with E-state index in [2.05, 4.69) is 16.9 Å². The summed E-state index contributed by atoms with van der Waals surface area (Å²) < 4.78 is 11.6. The molecule has 108 valence electrons. The fraction of sp³-hybridized carbons (Fsp3) is 0.294. The molecule has 0 aliphatic carbocycles. The Bertz CT molecular complexity index is 749. The number of nitrogens with zero attached hydrogens (tertiary/aromatic N) is 2. The van der Waals surface area contributed by atoms with Crippen molar-refractivity contribution in [3.8, 4) is 17.2 Å². The summed E-state index contributed by atoms with van der Waals surface area (Å²) in [5.74, 6) is 1.29. The number of aromatic nitrogens is 2. The highest BCUT2D eigenvalue weighted by Gasteiger charge is 2.13. The number of benzene rings is 1. The van der Waals surface area contributed by atoms with Crippen molar-refractivity contribution in [3.05, 3.63) is 42.2 Å². The summed E-state index contributed by atoms with van der Waals surface area (Å²) in [6, 6.07) is 7.85. The van der Waals surface area contributed by atoms with Gasteiger partial charge >= 0.3 is 0 Å². The molecule has 2 aromatic heterocycles. The van der Waals surface area contributed by atoms with Crippen LogP contribution in [-0.2, 0) is 0 Å². The van der Waals surface area contributed by atoms with E-state index in [4.69, 9.17) is 9.15 Å². The molecule has 0 radical (unpaired) electrons. The maximum atomic E-state index is 5.84. The van der Waals surface area contributed by atoms with Gasteiger partial charge < -0.3 is 9.15 Å². The quantitative estimate of drug-likeness (QED) is 0.652. The van der Waals surface area contributed by atoms with Crippen molar-refractivity contribution in [1.82, 2.24) is 9.97 Å². The average Bonchev–Trinajstić information content (AvgIpc) is 2.91. The number of fused-ring (bicyclic) bond motifs is 1. The molecule has 0 fully saturated rings. The number of hydrogen-bond donors (Lipinski definition) is 0. The van der Waals surface area contributed by atoms with Gasteiger partial charge in [0.25, 0.3) is 0 Å². The summed E-state index contributed by atoms with van der Waals surface area (Å²) >= 11 is 0. The predicted octanol–water partition coefficient (Wildman–Crippen LogP) is 4.38. The van der Waals surface area contributed by atoms with Gasteiger partial charge in [-0.2, -0.15) is 0 Å². The van der Waals surface area contributed by atoms with Crippen LogP contribution in [0, 0.1) is 6.92 Å². The number of unbranched alkanes of at least 4 members (excludes halogenated alkanes) is 1. The zero-order valence-corrected chi connectivity index (χ0v) is 12.3. The van der Waals surface area contributed by atoms with E-state index in [0.717, 1.165) is 35.1 Å². The molecule has 4 nitrogen and oxygen atoms in total. The van der Waals surface area contributed by atoms with Crippen molar-refractivity contribution in [2.75, 3.05) is 6.61 Å². The number of hydrogen-bond acceptors (Lipinski definition) is 4. The van der Waals surface area contributed by atoms with Crippen LogP contribution in [0.25, 0.3) is 22.6 Å². The molecule has 3 rings (SSSR count). The Labute approximate surface area is 123 Å². The monoisotopic (exact) mass is 282 g/mol. The molecule has 0 N–H and O–H groups in total. The first-order chi connectivity index (χ1) is 10.3. The maximum Gasteiger partial charge on any atom is 0.231 e. The molecular weight excluding hydrogens is 264 g/mol. The smallest absolute Gasteiger partial charge is 0.231 e. The molecule has 2 heterocycles. The molecule has 0 spiro atoms. The average molecular weight is 282 g/mol. The topological polar surface area (TPSA) is 48.2 Å². The highest BCUT2D eigenvalue weighted by Crippen LogP contribution is 2.31. The first-order valence-corrected chi connectivity index (χ1v) is 7.22. The van der Waals surface area contributed by atoms with Gasteiger partial charge in [0, 0.05) is 6.20 Å². The molecular formula is C17H18N2O2. The first-order valence-electron chi connectivity index (χ1n) is 7.22. The van der Waals surface area contributed by atoms with Crippen LogP contribution in [0.5, 0.6) is 5.75 Å². The van der Waals surface area contributed by atoms with Crippen LogP contribution in [-0.4, -0.2) is 16.6 Å². The van der Waals surface area contributed by atoms with Crippen molar-refractivity contribution in [2.45, 2.75) is 26.7 Å². The lowest BCUT2D eigenvalue weighted by Gasteiger charge is -2.07. The van der Waals surface area contributed by atoms with E-state index < -0.39 is 0 Å². The lowest BCUT2D eigenvalue weighted by Crippen LogP contribution is -1.98. The SMILES string of the molecule is CCCCOc1cnccc1-c1nc2cc(C)ccc2o1. The van der Waals surface area contributed by atoms with Gasteiger partial charge in [-0.25, -0.2) is 4.98 Å². The Balaban J connectivity index is 1.97. The van der Waals surface area contributed by atoms with E-state index in [1.165, 1.54) is 0 Å². The van der Waals surface area contributed by atoms with Crippen molar-refractivity contribution in [1.29, 1.82) is 0 Å². The second-order valence-electron chi connectivity index (χ2n) is 5.06. The normalized spacial score (nSPS) is 11.0. The van der Waals surface area contributed by atoms with Crippen molar-refractivity contribution in [2.24, 2.45) is 0 Å². The standard InChI is InChI=1S/C17H18N2O2/c1-3-4-9-20-16-11-18-8-7-13(16)17-19-14-10-12(2)5-6-15(14)21-17/h5-8,10-11H,3-4,9H2,1-2H3. The van der Waals surface area contributed by atoms with Gasteiger partial charge in [0.1, 0.15) is 11.3 Å². The number of pyridine rings is 1. The minimum absolute atomic E-state index is 0.574. The lowest BCUT2D eigenvalue weighted by atomic mass is 10.2. The molecule has 0 bridgehead atoms. The van der Waals surface area contributed by atoms with E-state index in [9.17, 15) is 0 Å². The summed E-state index contributed by atoms with van der Waals surface area (Å²) in [6.45, 7) is 4.85. The van der Waals surface area contributed by atoms with E-state index >= 15 is 0 Å². The van der Waals surface area contributed by atoms with Crippen LogP contribution >= 0.6 is 0 Å². The van der Waals surface area contributed by atoms with Crippen LogP contribution < -0.4 is 4.74 Å². The first kappa shape index (κ1) is 13.6. The Morgan fingerprint density at radius 3 is 3.00 bits per heavy atom. The molecule has 0 aliphatic rings. The summed E-state index contributed by atoms with van der Waals surface area (Å²) in [6.07, 6.45) is 5.55. The molecule has 21 heavy (non-hydrogen) atoms. The Morgan fingerprint density at radius 1 is 1.24 bits per heavy atom. The van der Waals surface area contributed by atoms with E-state index in [1.807, 2.05) is 31.2 Å². The number of rotatable bonds is 5. The van der Waals surface area contributed by atoms with Gasteiger partial charge in [0.2, 0.25) is 5.89 Å². The minimum atomic E-state index is 0.574. The number of oxazole rings is 1. The third-order valence-electron chi connectivity index (χ3n) is 3.31. The van der Waals surface area contributed by atoms with Crippen LogP contribution in [0.1, 0.15) is 25.3 Å². The highest BCUT2D eigenvalue weighted by molar-refractivity contribution is 5.77. The Hall–Kier alpha value is -2.36. The summed E-state index contributed by atoms with van der Waals surface area (Å²) in [5.41, 5.74) is 3.65. The molecule has 4 heteroatoms. The number of aryl methyl sites for hydroxylation is 1. The third kappa shape index (κ3) is 2.89. The fourth-order valence-corrected chi connectivity index (χ4v) is 2.15. The highest BCUT2D eigenvalue weighted by atomic mass is 16.5. The van der Waals surface area contributed by atoms with Gasteiger partial charge in [0.05, 0.1) is 18.4 Å². The molecule has 3 aromatic rings. The summed E-state index contributed by atoms with van der Waals surface area (Å²) in [4.78, 5) is 8.68. The Morgan fingerprint density at radius 2 is 2.14 bits per heavy atom. The second kappa shape index (κ2) is 5.95. The van der Waals surface area contributed by atoms with Gasteiger partial charge in [-0.3, -0.25) is 4.98 Å². The maximum absolute atomic E-state index is 5.84. The summed E-state index contributed by atoms with van der Waals surface area (Å²) in [7, 11) is 0. The lowest BCUT2D eigenvalue weighted by molar-refractivity contribution is 0.308. The summed E-state index contributed by atoms with van der Waals surface area (Å²) in [5, 5.41) is 0. The van der Waals surface area contributed by atoms with Crippen LogP contribution in [0.15, 0.2) is 41.1 Å². The van der Waals surface area contributed by atoms with Gasteiger partial charge in [-0.05, 0) is 37.1 Å². The van der Waals surface area contributed by atoms with Crippen molar-refractivity contribution < 1.29 is 9.15 Å². The van der Waals surface area contributed by atoms with E-state index in [0.29, 0.717) is 18.2 Å². The van der Waals surface area contributed by atoms with E-state index in [1.54, 1.807) is 12.4 Å². The molecule has 0 saturated heterocycles. The molecule has 0 unspecified atom stereocenters. The van der Waals surface area contributed by atoms with E-state index in [-0.39, 0.29) is 0 Å². The van der Waals surface area contributed by atoms with Gasteiger partial charge in [0.15, 0.2) is 5.58 Å². The molecule has 0 aliphatic heterocycles. The molecule has 0 amide bonds. The minimum Gasteiger partial charge on any atom is -0.491 e. The van der Waals surface area contributed by atoms with Crippen LogP contribution in [0.3, 0.4) is 0 Å². The largest absolute Gasteiger partial charge is 0.491 e. The van der Waals surface area contributed by atoms with Crippen molar-refractivity contribution in [3.63, 3.8) is 0 Å². The number of ether oxygens (including phenoxy) is 1. The zero-order valence-electron chi connectivity index (χ0n) is 12.3. The van der Waals surface area contributed by atoms with Crippen molar-refractivity contribution >= 4 is 11.1 Å². The third-order valence-corrected chi connectivity index (χ3v) is 3.31. The predicted molar refractivity (Wildman–Crippen MR) is 82.4 cm³/mol. The fourth-order valence-electron chi connectivity index (χ4n) is 2.15. The van der Waals surface area contributed by atoms with Gasteiger partial charge in [-0.1, -0.05) is 19.4 Å². The van der Waals surface area contributed by atoms with Gasteiger partial charge in [-0.15, -0.1) is 0 Å². The Kier molecular flexibility index (Phi) is 3.86. The molecule has 0 atom stereocenters. The molecule has 1 aromatic carbocycles. The second-order valence-corrected chi connectivity index (χ2v) is 5.06. The van der Waals surface area contributed by atoms with Crippen LogP contribution in [0.2, 0.25) is 0 Å². The van der Waals surface area contributed by atoms with Crippen LogP contribution in [0.4, 0.5) is 0 Å². The molecule has 0 saturated carbocycles.